The van der Waals surface area contributed by atoms with Crippen molar-refractivity contribution in [1.29, 1.82) is 0 Å². The molecule has 0 bridgehead atoms. The molecule has 0 atom stereocenters. The Morgan fingerprint density at radius 2 is 1.08 bits per heavy atom. The Morgan fingerprint density at radius 3 is 1.50 bits per heavy atom. The van der Waals surface area contributed by atoms with Crippen molar-refractivity contribution >= 4 is 18.7 Å². The fourth-order valence-corrected chi connectivity index (χ4v) is 12.8. The predicted octanol–water partition coefficient (Wildman–Crippen LogP) is 5.17. The summed E-state index contributed by atoms with van der Waals surface area (Å²) >= 11 is -0.890. The van der Waals surface area contributed by atoms with Crippen LogP contribution in [0.2, 0.25) is 8.26 Å². The van der Waals surface area contributed by atoms with Gasteiger partial charge in [-0.2, -0.15) is 0 Å². The van der Waals surface area contributed by atoms with Crippen LogP contribution >= 0.6 is 0 Å². The standard InChI is InChI=1S/2C11H11.C2H4.2Zr/c2*1-8-6-10-5-3-4-9(2)11(10)7-8;1-2;;/h2*3-4,6H,7H2,1-2H3;1-2H2;;. The zero-order valence-electron chi connectivity index (χ0n) is 16.3. The summed E-state index contributed by atoms with van der Waals surface area (Å²) < 4.78 is 6.53. The quantitative estimate of drug-likeness (QED) is 0.501. The molecule has 0 saturated heterocycles. The summed E-state index contributed by atoms with van der Waals surface area (Å²) in [6.07, 6.45) is 7.32. The molecule has 2 aromatic rings. The van der Waals surface area contributed by atoms with E-state index in [9.17, 15) is 0 Å². The third-order valence-electron chi connectivity index (χ3n) is 5.63. The van der Waals surface area contributed by atoms with Crippen LogP contribution in [0.3, 0.4) is 0 Å². The molecule has 0 spiro atoms. The number of benzene rings is 2. The van der Waals surface area contributed by atoms with Gasteiger partial charge in [0.05, 0.1) is 0 Å². The SMILES string of the molecule is CC1=Cc2[c]([Zr][CH2][CH2][Zr][c]3ccc(C)c4c3C=C(C)C4)ccc(C)c2C1. The van der Waals surface area contributed by atoms with Crippen LogP contribution in [0.25, 0.3) is 12.2 Å². The van der Waals surface area contributed by atoms with Crippen LogP contribution in [0.5, 0.6) is 0 Å². The van der Waals surface area contributed by atoms with Gasteiger partial charge in [-0.25, -0.2) is 0 Å². The Labute approximate surface area is 181 Å². The van der Waals surface area contributed by atoms with Crippen molar-refractivity contribution in [3.05, 3.63) is 68.8 Å². The van der Waals surface area contributed by atoms with Crippen LogP contribution in [-0.2, 0) is 59.3 Å². The van der Waals surface area contributed by atoms with E-state index in [2.05, 4.69) is 64.1 Å². The second-order valence-electron chi connectivity index (χ2n) is 7.83. The van der Waals surface area contributed by atoms with Crippen LogP contribution in [0.4, 0.5) is 0 Å². The van der Waals surface area contributed by atoms with E-state index in [-0.39, 0.29) is 0 Å². The van der Waals surface area contributed by atoms with E-state index >= 15 is 0 Å². The Hall–Kier alpha value is -0.314. The summed E-state index contributed by atoms with van der Waals surface area (Å²) in [5.74, 6) is 0. The number of aryl methyl sites for hydroxylation is 2. The summed E-state index contributed by atoms with van der Waals surface area (Å²) in [5.41, 5.74) is 12.6. The zero-order valence-corrected chi connectivity index (χ0v) is 21.2. The second-order valence-corrected chi connectivity index (χ2v) is 14.7. The molecule has 0 N–H and O–H groups in total. The normalized spacial score (nSPS) is 14.6. The van der Waals surface area contributed by atoms with Gasteiger partial charge in [0.25, 0.3) is 0 Å². The van der Waals surface area contributed by atoms with Crippen molar-refractivity contribution in [2.75, 3.05) is 0 Å². The van der Waals surface area contributed by atoms with E-state index in [1.54, 1.807) is 39.9 Å². The average molecular weight is 497 g/mol. The third kappa shape index (κ3) is 3.79. The van der Waals surface area contributed by atoms with Gasteiger partial charge in [-0.1, -0.05) is 0 Å². The van der Waals surface area contributed by atoms with Gasteiger partial charge in [-0.15, -0.1) is 0 Å². The first-order valence-corrected chi connectivity index (χ1v) is 15.5. The Bertz CT molecular complexity index is 854. The number of rotatable bonds is 5. The van der Waals surface area contributed by atoms with Gasteiger partial charge in [-0.3, -0.25) is 0 Å². The summed E-state index contributed by atoms with van der Waals surface area (Å²) in [5, 5.41) is 0. The maximum absolute atomic E-state index is 2.47. The van der Waals surface area contributed by atoms with Crippen LogP contribution in [0, 0.1) is 13.8 Å². The minimum atomic E-state index is -0.445. The van der Waals surface area contributed by atoms with Gasteiger partial charge in [0.2, 0.25) is 0 Å². The van der Waals surface area contributed by atoms with E-state index in [4.69, 9.17) is 0 Å². The Kier molecular flexibility index (Phi) is 5.83. The summed E-state index contributed by atoms with van der Waals surface area (Å²) in [7, 11) is 0. The molecule has 2 heteroatoms. The molecule has 26 heavy (non-hydrogen) atoms. The molecule has 4 rings (SSSR count). The molecule has 0 heterocycles. The first kappa shape index (κ1) is 19.0. The summed E-state index contributed by atoms with van der Waals surface area (Å²) in [6, 6.07) is 9.66. The molecular formula is C24H26Zr2. The minimum absolute atomic E-state index is 0.445. The van der Waals surface area contributed by atoms with Crippen molar-refractivity contribution in [2.24, 2.45) is 0 Å². The molecule has 2 aliphatic carbocycles. The molecular weight excluding hydrogens is 471 g/mol. The summed E-state index contributed by atoms with van der Waals surface area (Å²) in [6.45, 7) is 9.14. The fourth-order valence-electron chi connectivity index (χ4n) is 4.20. The molecule has 130 valence electrons. The van der Waals surface area contributed by atoms with E-state index in [1.807, 2.05) is 0 Å². The second kappa shape index (κ2) is 7.97. The van der Waals surface area contributed by atoms with Crippen LogP contribution < -0.4 is 6.54 Å². The van der Waals surface area contributed by atoms with Crippen molar-refractivity contribution in [3.8, 4) is 0 Å². The predicted molar refractivity (Wildman–Crippen MR) is 106 cm³/mol. The van der Waals surface area contributed by atoms with E-state index in [0.29, 0.717) is 0 Å². The van der Waals surface area contributed by atoms with Gasteiger partial charge >= 0.3 is 183 Å². The molecule has 0 unspecified atom stereocenters. The Balaban J connectivity index is 1.42. The van der Waals surface area contributed by atoms with Crippen molar-refractivity contribution in [3.63, 3.8) is 0 Å². The van der Waals surface area contributed by atoms with Gasteiger partial charge < -0.3 is 0 Å². The molecule has 0 saturated carbocycles. The van der Waals surface area contributed by atoms with Gasteiger partial charge in [0.15, 0.2) is 0 Å². The molecule has 0 fully saturated rings. The van der Waals surface area contributed by atoms with E-state index in [0.717, 1.165) is 0 Å². The van der Waals surface area contributed by atoms with Crippen LogP contribution in [-0.4, -0.2) is 0 Å². The van der Waals surface area contributed by atoms with Gasteiger partial charge in [-0.05, 0) is 0 Å². The van der Waals surface area contributed by atoms with Crippen molar-refractivity contribution < 1.29 is 46.5 Å². The number of allylic oxidation sites excluding steroid dienone is 2. The van der Waals surface area contributed by atoms with Crippen molar-refractivity contribution in [2.45, 2.75) is 48.8 Å². The molecule has 0 aliphatic heterocycles. The first-order chi connectivity index (χ1) is 12.5. The van der Waals surface area contributed by atoms with Gasteiger partial charge in [0.1, 0.15) is 0 Å². The first-order valence-electron chi connectivity index (χ1n) is 9.60. The topological polar surface area (TPSA) is 0 Å². The molecule has 0 amide bonds. The van der Waals surface area contributed by atoms with Crippen LogP contribution in [0.1, 0.15) is 47.2 Å². The molecule has 0 nitrogen and oxygen atoms in total. The number of hydrogen-bond acceptors (Lipinski definition) is 0. The van der Waals surface area contributed by atoms with E-state index in [1.165, 1.54) is 32.2 Å². The van der Waals surface area contributed by atoms with Crippen LogP contribution in [0.15, 0.2) is 35.4 Å². The monoisotopic (exact) mass is 494 g/mol. The van der Waals surface area contributed by atoms with Gasteiger partial charge in [0, 0.05) is 0 Å². The number of fused-ring (bicyclic) bond motifs is 2. The molecule has 2 aliphatic rings. The number of hydrogen-bond donors (Lipinski definition) is 0. The summed E-state index contributed by atoms with van der Waals surface area (Å²) in [4.78, 5) is 0. The fraction of sp³-hybridized carbons (Fsp3) is 0.333. The Morgan fingerprint density at radius 1 is 0.654 bits per heavy atom. The molecule has 0 radical (unpaired) electrons. The molecule has 2 aromatic carbocycles. The molecule has 0 aromatic heterocycles. The van der Waals surface area contributed by atoms with E-state index < -0.39 is 46.5 Å². The third-order valence-corrected chi connectivity index (χ3v) is 15.1. The van der Waals surface area contributed by atoms with Crippen molar-refractivity contribution in [1.82, 2.24) is 0 Å². The average Bonchev–Trinajstić information content (AvgIpc) is 3.19. The maximum atomic E-state index is 2.47. The zero-order chi connectivity index (χ0) is 18.3.